The van der Waals surface area contributed by atoms with Gasteiger partial charge in [-0.25, -0.2) is 0 Å². The molecule has 23 heavy (non-hydrogen) atoms. The maximum absolute atomic E-state index is 12.9. The second-order valence-corrected chi connectivity index (χ2v) is 5.87. The fourth-order valence-corrected chi connectivity index (χ4v) is 2.79. The number of hydrogen-bond donors (Lipinski definition) is 1. The van der Waals surface area contributed by atoms with E-state index in [1.165, 1.54) is 6.07 Å². The molecule has 0 saturated carbocycles. The zero-order valence-electron chi connectivity index (χ0n) is 13.2. The first-order valence-electron chi connectivity index (χ1n) is 7.55. The smallest absolute Gasteiger partial charge is 0.392 e. The van der Waals surface area contributed by atoms with Gasteiger partial charge in [-0.3, -0.25) is 9.69 Å². The van der Waals surface area contributed by atoms with E-state index < -0.39 is 17.8 Å². The van der Waals surface area contributed by atoms with Crippen molar-refractivity contribution in [2.24, 2.45) is 0 Å². The van der Waals surface area contributed by atoms with Gasteiger partial charge in [-0.1, -0.05) is 12.1 Å². The number of amides is 1. The first kappa shape index (κ1) is 17.7. The summed E-state index contributed by atoms with van der Waals surface area (Å²) in [4.78, 5) is 15.4. The summed E-state index contributed by atoms with van der Waals surface area (Å²) in [6.45, 7) is 2.77. The molecule has 0 spiro atoms. The molecular formula is C16H21F3N2O2. The highest BCUT2D eigenvalue weighted by atomic mass is 19.4. The molecule has 0 unspecified atom stereocenters. The Bertz CT molecular complexity index is 563. The Kier molecular flexibility index (Phi) is 5.31. The number of halogens is 3. The molecule has 1 aliphatic heterocycles. The number of likely N-dealkylation sites (tertiary alicyclic amines) is 1. The summed E-state index contributed by atoms with van der Waals surface area (Å²) in [5.74, 6) is -0.112. The SMILES string of the molecule is CCN(C)C(=O)CN1C[C@@H](O)C[C@H]1c1cccc(C(F)(F)F)c1. The highest BCUT2D eigenvalue weighted by Gasteiger charge is 2.36. The van der Waals surface area contributed by atoms with Crippen molar-refractivity contribution in [1.29, 1.82) is 0 Å². The maximum Gasteiger partial charge on any atom is 0.416 e. The van der Waals surface area contributed by atoms with Crippen LogP contribution in [0, 0.1) is 0 Å². The molecule has 2 atom stereocenters. The molecule has 0 aromatic heterocycles. The third-order valence-corrected chi connectivity index (χ3v) is 4.22. The second kappa shape index (κ2) is 6.88. The van der Waals surface area contributed by atoms with Crippen LogP contribution >= 0.6 is 0 Å². The standard InChI is InChI=1S/C16H21F3N2O2/c1-3-20(2)15(23)10-21-9-13(22)8-14(21)11-5-4-6-12(7-11)16(17,18)19/h4-7,13-14,22H,3,8-10H2,1-2H3/t13-,14-/m0/s1. The topological polar surface area (TPSA) is 43.8 Å². The number of alkyl halides is 3. The Morgan fingerprint density at radius 2 is 2.13 bits per heavy atom. The predicted molar refractivity (Wildman–Crippen MR) is 79.7 cm³/mol. The Morgan fingerprint density at radius 3 is 2.74 bits per heavy atom. The van der Waals surface area contributed by atoms with Crippen LogP contribution < -0.4 is 0 Å². The van der Waals surface area contributed by atoms with Crippen molar-refractivity contribution in [3.63, 3.8) is 0 Å². The summed E-state index contributed by atoms with van der Waals surface area (Å²) >= 11 is 0. The molecular weight excluding hydrogens is 309 g/mol. The maximum atomic E-state index is 12.9. The zero-order valence-corrected chi connectivity index (χ0v) is 13.2. The summed E-state index contributed by atoms with van der Waals surface area (Å²) in [6.07, 6.45) is -4.73. The lowest BCUT2D eigenvalue weighted by Gasteiger charge is -2.26. The lowest BCUT2D eigenvalue weighted by molar-refractivity contribution is -0.137. The van der Waals surface area contributed by atoms with Gasteiger partial charge in [0.2, 0.25) is 5.91 Å². The van der Waals surface area contributed by atoms with Crippen LogP contribution in [0.15, 0.2) is 24.3 Å². The van der Waals surface area contributed by atoms with Gasteiger partial charge < -0.3 is 10.0 Å². The van der Waals surface area contributed by atoms with Crippen LogP contribution in [0.1, 0.15) is 30.5 Å². The van der Waals surface area contributed by atoms with Gasteiger partial charge in [-0.15, -0.1) is 0 Å². The van der Waals surface area contributed by atoms with E-state index in [4.69, 9.17) is 0 Å². The van der Waals surface area contributed by atoms with Crippen molar-refractivity contribution < 1.29 is 23.1 Å². The summed E-state index contributed by atoms with van der Waals surface area (Å²) < 4.78 is 38.6. The van der Waals surface area contributed by atoms with Crippen molar-refractivity contribution in [3.05, 3.63) is 35.4 Å². The predicted octanol–water partition coefficient (Wildman–Crippen LogP) is 2.29. The second-order valence-electron chi connectivity index (χ2n) is 5.87. The van der Waals surface area contributed by atoms with Crippen molar-refractivity contribution in [2.45, 2.75) is 31.7 Å². The molecule has 1 aromatic rings. The molecule has 1 fully saturated rings. The number of likely N-dealkylation sites (N-methyl/N-ethyl adjacent to an activating group) is 1. The van der Waals surface area contributed by atoms with Crippen molar-refractivity contribution in [3.8, 4) is 0 Å². The fraction of sp³-hybridized carbons (Fsp3) is 0.562. The molecule has 1 amide bonds. The Labute approximate surface area is 133 Å². The van der Waals surface area contributed by atoms with E-state index >= 15 is 0 Å². The molecule has 7 heteroatoms. The summed E-state index contributed by atoms with van der Waals surface area (Å²) in [5, 5.41) is 9.88. The molecule has 2 rings (SSSR count). The molecule has 4 nitrogen and oxygen atoms in total. The number of carbonyl (C=O) groups is 1. The fourth-order valence-electron chi connectivity index (χ4n) is 2.79. The van der Waals surface area contributed by atoms with Gasteiger partial charge in [0, 0.05) is 26.2 Å². The van der Waals surface area contributed by atoms with Gasteiger partial charge in [0.05, 0.1) is 18.2 Å². The summed E-state index contributed by atoms with van der Waals surface area (Å²) in [6, 6.07) is 4.71. The van der Waals surface area contributed by atoms with Crippen LogP contribution in [0.2, 0.25) is 0 Å². The number of hydrogen-bond acceptors (Lipinski definition) is 3. The van der Waals surface area contributed by atoms with E-state index in [1.54, 1.807) is 22.9 Å². The third kappa shape index (κ3) is 4.23. The molecule has 0 bridgehead atoms. The highest BCUT2D eigenvalue weighted by Crippen LogP contribution is 2.36. The minimum atomic E-state index is -4.41. The van der Waals surface area contributed by atoms with Gasteiger partial charge in [-0.2, -0.15) is 13.2 Å². The van der Waals surface area contributed by atoms with E-state index in [2.05, 4.69) is 0 Å². The van der Waals surface area contributed by atoms with Crippen LogP contribution in [0.5, 0.6) is 0 Å². The Balaban J connectivity index is 2.21. The molecule has 0 radical (unpaired) electrons. The number of aliphatic hydroxyl groups is 1. The van der Waals surface area contributed by atoms with Crippen molar-refractivity contribution >= 4 is 5.91 Å². The lowest BCUT2D eigenvalue weighted by atomic mass is 10.0. The average molecular weight is 330 g/mol. The number of carbonyl (C=O) groups excluding carboxylic acids is 1. The van der Waals surface area contributed by atoms with Gasteiger partial charge in [-0.05, 0) is 31.0 Å². The number of aliphatic hydroxyl groups excluding tert-OH is 1. The van der Waals surface area contributed by atoms with Crippen LogP contribution in [0.25, 0.3) is 0 Å². The molecule has 1 saturated heterocycles. The van der Waals surface area contributed by atoms with E-state index in [0.29, 0.717) is 18.5 Å². The molecule has 1 aromatic carbocycles. The van der Waals surface area contributed by atoms with Crippen molar-refractivity contribution in [2.75, 3.05) is 26.7 Å². The molecule has 0 aliphatic carbocycles. The first-order chi connectivity index (χ1) is 10.7. The number of nitrogens with zero attached hydrogens (tertiary/aromatic N) is 2. The van der Waals surface area contributed by atoms with Crippen LogP contribution in [0.4, 0.5) is 13.2 Å². The largest absolute Gasteiger partial charge is 0.416 e. The van der Waals surface area contributed by atoms with Crippen molar-refractivity contribution in [1.82, 2.24) is 9.80 Å². The number of rotatable bonds is 4. The molecule has 128 valence electrons. The summed E-state index contributed by atoms with van der Waals surface area (Å²) in [7, 11) is 1.67. The quantitative estimate of drug-likeness (QED) is 0.921. The average Bonchev–Trinajstić information content (AvgIpc) is 2.86. The van der Waals surface area contributed by atoms with E-state index in [9.17, 15) is 23.1 Å². The third-order valence-electron chi connectivity index (χ3n) is 4.22. The van der Waals surface area contributed by atoms with Crippen LogP contribution in [-0.4, -0.2) is 53.6 Å². The number of β-amino-alcohol motifs (C(OH)–C–C–N with tert-alkyl or cyclic N) is 1. The highest BCUT2D eigenvalue weighted by molar-refractivity contribution is 5.78. The van der Waals surface area contributed by atoms with Crippen LogP contribution in [-0.2, 0) is 11.0 Å². The minimum absolute atomic E-state index is 0.0856. The lowest BCUT2D eigenvalue weighted by Crippen LogP contribution is -2.38. The Morgan fingerprint density at radius 1 is 1.43 bits per heavy atom. The zero-order chi connectivity index (χ0) is 17.2. The molecule has 1 N–H and O–H groups in total. The molecule has 1 heterocycles. The first-order valence-corrected chi connectivity index (χ1v) is 7.55. The van der Waals surface area contributed by atoms with Gasteiger partial charge in [0.25, 0.3) is 0 Å². The van der Waals surface area contributed by atoms with Crippen LogP contribution in [0.3, 0.4) is 0 Å². The normalized spacial score (nSPS) is 22.3. The van der Waals surface area contributed by atoms with E-state index in [-0.39, 0.29) is 25.0 Å². The van der Waals surface area contributed by atoms with Gasteiger partial charge >= 0.3 is 6.18 Å². The summed E-state index contributed by atoms with van der Waals surface area (Å²) in [5.41, 5.74) is -0.239. The van der Waals surface area contributed by atoms with E-state index in [1.807, 2.05) is 6.92 Å². The molecule has 1 aliphatic rings. The number of benzene rings is 1. The van der Waals surface area contributed by atoms with Gasteiger partial charge in [0.15, 0.2) is 0 Å². The van der Waals surface area contributed by atoms with E-state index in [0.717, 1.165) is 12.1 Å². The Hall–Kier alpha value is -1.60. The minimum Gasteiger partial charge on any atom is -0.392 e. The monoisotopic (exact) mass is 330 g/mol. The van der Waals surface area contributed by atoms with Gasteiger partial charge in [0.1, 0.15) is 0 Å².